The lowest BCUT2D eigenvalue weighted by molar-refractivity contribution is -0.116. The first-order chi connectivity index (χ1) is 14.8. The van der Waals surface area contributed by atoms with Crippen LogP contribution >= 0.6 is 11.3 Å². The maximum absolute atomic E-state index is 13.3. The zero-order chi connectivity index (χ0) is 20.3. The molecule has 146 valence electrons. The molecule has 0 aliphatic rings. The SMILES string of the molecule is O=C(Nc1ccc2nc(-c3cscn3)[nH]c2c1)C(c1ccccc1)c1ccccc1. The summed E-state index contributed by atoms with van der Waals surface area (Å²) in [4.78, 5) is 25.5. The molecule has 0 unspecified atom stereocenters. The summed E-state index contributed by atoms with van der Waals surface area (Å²) in [6.45, 7) is 0. The number of hydrogen-bond donors (Lipinski definition) is 2. The number of nitrogens with zero attached hydrogens (tertiary/aromatic N) is 2. The number of anilines is 1. The number of amides is 1. The van der Waals surface area contributed by atoms with Crippen molar-refractivity contribution >= 4 is 34.0 Å². The van der Waals surface area contributed by atoms with Gasteiger partial charge in [0.1, 0.15) is 5.69 Å². The van der Waals surface area contributed by atoms with Crippen molar-refractivity contribution in [3.05, 3.63) is 101 Å². The number of aromatic amines is 1. The number of nitrogens with one attached hydrogen (secondary N) is 2. The summed E-state index contributed by atoms with van der Waals surface area (Å²) in [5, 5.41) is 5.02. The van der Waals surface area contributed by atoms with E-state index in [2.05, 4.69) is 20.3 Å². The highest BCUT2D eigenvalue weighted by atomic mass is 32.1. The van der Waals surface area contributed by atoms with Gasteiger partial charge in [-0.25, -0.2) is 9.97 Å². The van der Waals surface area contributed by atoms with Crippen LogP contribution in [0.25, 0.3) is 22.6 Å². The molecule has 0 atom stereocenters. The zero-order valence-corrected chi connectivity index (χ0v) is 16.8. The third-order valence-corrected chi connectivity index (χ3v) is 5.54. The van der Waals surface area contributed by atoms with Gasteiger partial charge >= 0.3 is 0 Å². The molecule has 6 heteroatoms. The van der Waals surface area contributed by atoms with E-state index in [-0.39, 0.29) is 5.91 Å². The Kier molecular flexibility index (Phi) is 4.83. The summed E-state index contributed by atoms with van der Waals surface area (Å²) in [7, 11) is 0. The summed E-state index contributed by atoms with van der Waals surface area (Å²) in [6.07, 6.45) is 0. The molecule has 0 aliphatic carbocycles. The van der Waals surface area contributed by atoms with Crippen molar-refractivity contribution in [1.29, 1.82) is 0 Å². The van der Waals surface area contributed by atoms with Gasteiger partial charge in [0.05, 0.1) is 22.5 Å². The van der Waals surface area contributed by atoms with Crippen molar-refractivity contribution < 1.29 is 4.79 Å². The Bertz CT molecular complexity index is 1240. The maximum Gasteiger partial charge on any atom is 0.236 e. The molecule has 0 saturated carbocycles. The summed E-state index contributed by atoms with van der Waals surface area (Å²) in [6, 6.07) is 25.3. The van der Waals surface area contributed by atoms with Gasteiger partial charge in [0.2, 0.25) is 5.91 Å². The van der Waals surface area contributed by atoms with Crippen molar-refractivity contribution in [2.45, 2.75) is 5.92 Å². The van der Waals surface area contributed by atoms with E-state index in [4.69, 9.17) is 0 Å². The van der Waals surface area contributed by atoms with E-state index < -0.39 is 5.92 Å². The number of benzene rings is 3. The normalized spacial score (nSPS) is 11.1. The number of rotatable bonds is 5. The molecule has 3 aromatic carbocycles. The summed E-state index contributed by atoms with van der Waals surface area (Å²) < 4.78 is 0. The van der Waals surface area contributed by atoms with Gasteiger partial charge in [-0.15, -0.1) is 11.3 Å². The Labute approximate surface area is 177 Å². The van der Waals surface area contributed by atoms with Crippen LogP contribution in [-0.4, -0.2) is 20.9 Å². The number of thiazole rings is 1. The minimum absolute atomic E-state index is 0.0778. The van der Waals surface area contributed by atoms with Crippen molar-refractivity contribution in [2.24, 2.45) is 0 Å². The highest BCUT2D eigenvalue weighted by Gasteiger charge is 2.22. The monoisotopic (exact) mass is 410 g/mol. The first kappa shape index (κ1) is 18.3. The fourth-order valence-corrected chi connectivity index (χ4v) is 4.08. The molecule has 2 N–H and O–H groups in total. The van der Waals surface area contributed by atoms with Gasteiger partial charge < -0.3 is 10.3 Å². The average Bonchev–Trinajstić information content (AvgIpc) is 3.45. The molecule has 0 fully saturated rings. The second-order valence-electron chi connectivity index (χ2n) is 6.93. The van der Waals surface area contributed by atoms with Crippen molar-refractivity contribution in [1.82, 2.24) is 15.0 Å². The van der Waals surface area contributed by atoms with Gasteiger partial charge in [0.25, 0.3) is 0 Å². The predicted molar refractivity (Wildman–Crippen MR) is 121 cm³/mol. The van der Waals surface area contributed by atoms with Crippen LogP contribution in [0, 0.1) is 0 Å². The molecule has 2 heterocycles. The molecule has 5 nitrogen and oxygen atoms in total. The van der Waals surface area contributed by atoms with Gasteiger partial charge in [0, 0.05) is 11.1 Å². The van der Waals surface area contributed by atoms with E-state index in [0.717, 1.165) is 39.4 Å². The molecular weight excluding hydrogens is 392 g/mol. The van der Waals surface area contributed by atoms with Crippen LogP contribution in [0.2, 0.25) is 0 Å². The van der Waals surface area contributed by atoms with Gasteiger partial charge in [-0.05, 0) is 29.3 Å². The molecule has 5 rings (SSSR count). The molecule has 0 saturated heterocycles. The summed E-state index contributed by atoms with van der Waals surface area (Å²) >= 11 is 1.53. The van der Waals surface area contributed by atoms with Crippen LogP contribution in [0.15, 0.2) is 89.8 Å². The fourth-order valence-electron chi connectivity index (χ4n) is 3.54. The Morgan fingerprint density at radius 2 is 1.63 bits per heavy atom. The second kappa shape index (κ2) is 7.93. The van der Waals surface area contributed by atoms with E-state index in [1.807, 2.05) is 84.2 Å². The van der Waals surface area contributed by atoms with E-state index in [0.29, 0.717) is 0 Å². The van der Waals surface area contributed by atoms with Crippen molar-refractivity contribution in [3.8, 4) is 11.5 Å². The molecule has 0 radical (unpaired) electrons. The molecule has 0 aliphatic heterocycles. The Balaban J connectivity index is 1.46. The standard InChI is InChI=1S/C24H18N4OS/c29-24(22(16-7-3-1-4-8-16)17-9-5-2-6-10-17)26-18-11-12-19-20(13-18)28-23(27-19)21-14-30-15-25-21/h1-15,22H,(H,26,29)(H,27,28). The second-order valence-corrected chi connectivity index (χ2v) is 7.65. The quantitative estimate of drug-likeness (QED) is 0.404. The minimum Gasteiger partial charge on any atom is -0.337 e. The lowest BCUT2D eigenvalue weighted by Crippen LogP contribution is -2.22. The molecule has 2 aromatic heterocycles. The molecule has 0 bridgehead atoms. The lowest BCUT2D eigenvalue weighted by atomic mass is 9.90. The molecular formula is C24H18N4OS. The Morgan fingerprint density at radius 1 is 0.933 bits per heavy atom. The number of imidazole rings is 1. The number of carbonyl (C=O) groups excluding carboxylic acids is 1. The fraction of sp³-hybridized carbons (Fsp3) is 0.0417. The van der Waals surface area contributed by atoms with Gasteiger partial charge in [-0.1, -0.05) is 60.7 Å². The third kappa shape index (κ3) is 3.60. The number of aromatic nitrogens is 3. The van der Waals surface area contributed by atoms with Crippen LogP contribution < -0.4 is 5.32 Å². The summed E-state index contributed by atoms with van der Waals surface area (Å²) in [5.41, 5.74) is 6.91. The maximum atomic E-state index is 13.3. The smallest absolute Gasteiger partial charge is 0.236 e. The molecule has 0 spiro atoms. The van der Waals surface area contributed by atoms with Crippen LogP contribution in [0.5, 0.6) is 0 Å². The average molecular weight is 411 g/mol. The van der Waals surface area contributed by atoms with Gasteiger partial charge in [0.15, 0.2) is 5.82 Å². The van der Waals surface area contributed by atoms with Gasteiger partial charge in [-0.3, -0.25) is 4.79 Å². The first-order valence-corrected chi connectivity index (χ1v) is 10.5. The van der Waals surface area contributed by atoms with Gasteiger partial charge in [-0.2, -0.15) is 0 Å². The highest BCUT2D eigenvalue weighted by molar-refractivity contribution is 7.07. The number of hydrogen-bond acceptors (Lipinski definition) is 4. The van der Waals surface area contributed by atoms with Crippen molar-refractivity contribution in [3.63, 3.8) is 0 Å². The van der Waals surface area contributed by atoms with E-state index in [1.165, 1.54) is 11.3 Å². The van der Waals surface area contributed by atoms with Crippen LogP contribution in [0.4, 0.5) is 5.69 Å². The number of fused-ring (bicyclic) bond motifs is 1. The summed E-state index contributed by atoms with van der Waals surface area (Å²) in [5.74, 6) is 0.252. The van der Waals surface area contributed by atoms with Crippen molar-refractivity contribution in [2.75, 3.05) is 5.32 Å². The Hall–Kier alpha value is -3.77. The van der Waals surface area contributed by atoms with Crippen LogP contribution in [0.1, 0.15) is 17.0 Å². The van der Waals surface area contributed by atoms with E-state index >= 15 is 0 Å². The van der Waals surface area contributed by atoms with E-state index in [9.17, 15) is 4.79 Å². The minimum atomic E-state index is -0.393. The molecule has 5 aromatic rings. The van der Waals surface area contributed by atoms with E-state index in [1.54, 1.807) is 5.51 Å². The lowest BCUT2D eigenvalue weighted by Gasteiger charge is -2.18. The van der Waals surface area contributed by atoms with Crippen LogP contribution in [0.3, 0.4) is 0 Å². The zero-order valence-electron chi connectivity index (χ0n) is 15.9. The number of carbonyl (C=O) groups is 1. The Morgan fingerprint density at radius 3 is 2.27 bits per heavy atom. The number of H-pyrrole nitrogens is 1. The van der Waals surface area contributed by atoms with Crippen LogP contribution in [-0.2, 0) is 4.79 Å². The topological polar surface area (TPSA) is 70.7 Å². The molecule has 30 heavy (non-hydrogen) atoms. The first-order valence-electron chi connectivity index (χ1n) is 9.57. The third-order valence-electron chi connectivity index (χ3n) is 4.95. The molecule has 1 amide bonds. The highest BCUT2D eigenvalue weighted by Crippen LogP contribution is 2.28. The predicted octanol–water partition coefficient (Wildman–Crippen LogP) is 5.46. The largest absolute Gasteiger partial charge is 0.337 e.